The van der Waals surface area contributed by atoms with Gasteiger partial charge in [-0.2, -0.15) is 0 Å². The number of nitrogens with one attached hydrogen (secondary N) is 1. The van der Waals surface area contributed by atoms with Crippen LogP contribution in [0.4, 0.5) is 0 Å². The van der Waals surface area contributed by atoms with Gasteiger partial charge >= 0.3 is 0 Å². The molecule has 0 bridgehead atoms. The number of halogens is 1. The molecule has 2 amide bonds. The molecule has 0 aromatic heterocycles. The van der Waals surface area contributed by atoms with Crippen LogP contribution in [0.25, 0.3) is 0 Å². The van der Waals surface area contributed by atoms with Crippen LogP contribution < -0.4 is 5.32 Å². The minimum Gasteiger partial charge on any atom is -0.352 e. The molecule has 3 aromatic carbocycles. The van der Waals surface area contributed by atoms with E-state index in [1.165, 1.54) is 6.42 Å². The Morgan fingerprint density at radius 1 is 0.800 bits per heavy atom. The Morgan fingerprint density at radius 3 is 2.03 bits per heavy atom. The molecule has 3 aromatic rings. The Hall–Kier alpha value is -3.11. The molecule has 1 saturated carbocycles. The van der Waals surface area contributed by atoms with Gasteiger partial charge in [-0.3, -0.25) is 9.59 Å². The molecule has 35 heavy (non-hydrogen) atoms. The van der Waals surface area contributed by atoms with Crippen molar-refractivity contribution in [2.24, 2.45) is 0 Å². The van der Waals surface area contributed by atoms with Crippen LogP contribution in [0.5, 0.6) is 0 Å². The fourth-order valence-electron chi connectivity index (χ4n) is 4.76. The second kappa shape index (κ2) is 12.6. The normalized spacial score (nSPS) is 14.8. The number of hydrogen-bond acceptors (Lipinski definition) is 2. The summed E-state index contributed by atoms with van der Waals surface area (Å²) in [5.74, 6) is -0.142. The van der Waals surface area contributed by atoms with Gasteiger partial charge in [-0.1, -0.05) is 104 Å². The molecule has 1 fully saturated rings. The van der Waals surface area contributed by atoms with E-state index >= 15 is 0 Å². The quantitative estimate of drug-likeness (QED) is 0.403. The maximum atomic E-state index is 13.7. The number of hydrogen-bond donors (Lipinski definition) is 1. The van der Waals surface area contributed by atoms with Crippen molar-refractivity contribution < 1.29 is 9.59 Å². The number of carbonyl (C=O) groups excluding carboxylic acids is 2. The zero-order valence-corrected chi connectivity index (χ0v) is 20.8. The van der Waals surface area contributed by atoms with Gasteiger partial charge in [0, 0.05) is 24.0 Å². The molecule has 4 nitrogen and oxygen atoms in total. The second-order valence-corrected chi connectivity index (χ2v) is 9.80. The molecule has 0 spiro atoms. The maximum Gasteiger partial charge on any atom is 0.243 e. The van der Waals surface area contributed by atoms with Gasteiger partial charge in [0.25, 0.3) is 0 Å². The monoisotopic (exact) mass is 488 g/mol. The summed E-state index contributed by atoms with van der Waals surface area (Å²) in [6, 6.07) is 26.8. The van der Waals surface area contributed by atoms with Crippen molar-refractivity contribution in [3.63, 3.8) is 0 Å². The summed E-state index contributed by atoms with van der Waals surface area (Å²) < 4.78 is 0. The van der Waals surface area contributed by atoms with Crippen molar-refractivity contribution >= 4 is 23.4 Å². The second-order valence-electron chi connectivity index (χ2n) is 9.36. The van der Waals surface area contributed by atoms with E-state index in [9.17, 15) is 9.59 Å². The molecule has 1 aliphatic rings. The highest BCUT2D eigenvalue weighted by atomic mass is 35.5. The maximum absolute atomic E-state index is 13.7. The Bertz CT molecular complexity index is 1080. The van der Waals surface area contributed by atoms with E-state index in [1.807, 2.05) is 72.8 Å². The molecule has 5 heteroatoms. The first-order valence-corrected chi connectivity index (χ1v) is 12.9. The van der Waals surface area contributed by atoms with Crippen molar-refractivity contribution in [2.45, 2.75) is 63.6 Å². The van der Waals surface area contributed by atoms with Crippen molar-refractivity contribution in [1.82, 2.24) is 10.2 Å². The van der Waals surface area contributed by atoms with Gasteiger partial charge in [-0.15, -0.1) is 0 Å². The van der Waals surface area contributed by atoms with Crippen LogP contribution in [0.2, 0.25) is 5.02 Å². The van der Waals surface area contributed by atoms with Gasteiger partial charge in [0.15, 0.2) is 0 Å². The third-order valence-corrected chi connectivity index (χ3v) is 6.94. The van der Waals surface area contributed by atoms with Gasteiger partial charge in [-0.25, -0.2) is 0 Å². The van der Waals surface area contributed by atoms with E-state index in [1.54, 1.807) is 17.0 Å². The molecule has 182 valence electrons. The first-order valence-electron chi connectivity index (χ1n) is 12.5. The van der Waals surface area contributed by atoms with Gasteiger partial charge in [0.2, 0.25) is 11.8 Å². The van der Waals surface area contributed by atoms with Crippen molar-refractivity contribution in [1.29, 1.82) is 0 Å². The average Bonchev–Trinajstić information content (AvgIpc) is 2.89. The third kappa shape index (κ3) is 7.43. The summed E-state index contributed by atoms with van der Waals surface area (Å²) in [4.78, 5) is 29.2. The van der Waals surface area contributed by atoms with Crippen LogP contribution in [-0.4, -0.2) is 28.8 Å². The molecular weight excluding hydrogens is 456 g/mol. The lowest BCUT2D eigenvalue weighted by Gasteiger charge is -2.33. The number of rotatable bonds is 9. The Labute approximate surface area is 213 Å². The van der Waals surface area contributed by atoms with Crippen LogP contribution in [0.15, 0.2) is 84.9 Å². The predicted octanol–water partition coefficient (Wildman–Crippen LogP) is 5.97. The van der Waals surface area contributed by atoms with E-state index in [2.05, 4.69) is 5.32 Å². The highest BCUT2D eigenvalue weighted by molar-refractivity contribution is 6.30. The van der Waals surface area contributed by atoms with Crippen LogP contribution >= 0.6 is 11.6 Å². The van der Waals surface area contributed by atoms with Crippen LogP contribution in [-0.2, 0) is 29.0 Å². The van der Waals surface area contributed by atoms with Crippen molar-refractivity contribution in [3.8, 4) is 0 Å². The van der Waals surface area contributed by atoms with Gasteiger partial charge in [0.1, 0.15) is 6.04 Å². The molecule has 4 rings (SSSR count). The fourth-order valence-corrected chi connectivity index (χ4v) is 4.88. The topological polar surface area (TPSA) is 49.4 Å². The van der Waals surface area contributed by atoms with Crippen molar-refractivity contribution in [2.75, 3.05) is 0 Å². The summed E-state index contributed by atoms with van der Waals surface area (Å²) in [5, 5.41) is 3.92. The van der Waals surface area contributed by atoms with E-state index < -0.39 is 6.04 Å². The number of benzene rings is 3. The summed E-state index contributed by atoms with van der Waals surface area (Å²) in [6.45, 7) is 0.378. The summed E-state index contributed by atoms with van der Waals surface area (Å²) in [5.41, 5.74) is 2.91. The third-order valence-electron chi connectivity index (χ3n) is 6.69. The van der Waals surface area contributed by atoms with Gasteiger partial charge in [0.05, 0.1) is 6.42 Å². The lowest BCUT2D eigenvalue weighted by molar-refractivity contribution is -0.141. The van der Waals surface area contributed by atoms with Gasteiger partial charge < -0.3 is 10.2 Å². The average molecular weight is 489 g/mol. The van der Waals surface area contributed by atoms with E-state index in [4.69, 9.17) is 11.6 Å². The number of carbonyl (C=O) groups is 2. The van der Waals surface area contributed by atoms with Crippen LogP contribution in [0.3, 0.4) is 0 Å². The molecule has 0 heterocycles. The molecule has 1 aliphatic carbocycles. The number of amides is 2. The van der Waals surface area contributed by atoms with E-state index in [0.29, 0.717) is 18.0 Å². The molecule has 0 saturated heterocycles. The van der Waals surface area contributed by atoms with E-state index in [-0.39, 0.29) is 24.3 Å². The first kappa shape index (κ1) is 25.0. The Morgan fingerprint density at radius 2 is 1.40 bits per heavy atom. The predicted molar refractivity (Wildman–Crippen MR) is 141 cm³/mol. The standard InChI is InChI=1S/C30H33ClN2O2/c31-26-18-16-24(17-19-26)21-29(34)33(22-25-12-6-2-7-13-25)28(20-23-10-4-1-5-11-23)30(35)32-27-14-8-3-9-15-27/h1-2,4-7,10-13,16-19,27-28H,3,8-9,14-15,20-22H2,(H,32,35)/t28-/m1/s1. The lowest BCUT2D eigenvalue weighted by Crippen LogP contribution is -2.53. The highest BCUT2D eigenvalue weighted by Gasteiger charge is 2.31. The SMILES string of the molecule is O=C(NC1CCCCC1)[C@@H](Cc1ccccc1)N(Cc1ccccc1)C(=O)Cc1ccc(Cl)cc1. The highest BCUT2D eigenvalue weighted by Crippen LogP contribution is 2.20. The molecule has 1 atom stereocenters. The fraction of sp³-hybridized carbons (Fsp3) is 0.333. The van der Waals surface area contributed by atoms with Crippen LogP contribution in [0.1, 0.15) is 48.8 Å². The zero-order valence-electron chi connectivity index (χ0n) is 20.0. The van der Waals surface area contributed by atoms with Crippen molar-refractivity contribution in [3.05, 3.63) is 107 Å². The first-order chi connectivity index (χ1) is 17.1. The molecule has 0 unspecified atom stereocenters. The largest absolute Gasteiger partial charge is 0.352 e. The Balaban J connectivity index is 1.63. The molecule has 0 radical (unpaired) electrons. The summed E-state index contributed by atoms with van der Waals surface area (Å²) in [6.07, 6.45) is 6.18. The van der Waals surface area contributed by atoms with Gasteiger partial charge in [-0.05, 0) is 41.7 Å². The lowest BCUT2D eigenvalue weighted by atomic mass is 9.94. The summed E-state index contributed by atoms with van der Waals surface area (Å²) in [7, 11) is 0. The molecular formula is C30H33ClN2O2. The van der Waals surface area contributed by atoms with Crippen LogP contribution in [0, 0.1) is 0 Å². The Kier molecular flexibility index (Phi) is 8.96. The number of nitrogens with zero attached hydrogens (tertiary/aromatic N) is 1. The van der Waals surface area contributed by atoms with E-state index in [0.717, 1.165) is 42.4 Å². The zero-order chi connectivity index (χ0) is 24.5. The summed E-state index contributed by atoms with van der Waals surface area (Å²) >= 11 is 6.04. The minimum atomic E-state index is -0.598. The molecule has 0 aliphatic heterocycles. The smallest absolute Gasteiger partial charge is 0.243 e. The molecule has 1 N–H and O–H groups in total. The minimum absolute atomic E-state index is 0.0684.